The number of carbonyl (C=O) groups is 1. The van der Waals surface area contributed by atoms with Gasteiger partial charge in [0.1, 0.15) is 12.0 Å². The number of hydrogen-bond donors (Lipinski definition) is 3. The lowest BCUT2D eigenvalue weighted by atomic mass is 9.89. The second-order valence-electron chi connectivity index (χ2n) is 3.81. The topological polar surface area (TPSA) is 82.7 Å². The Balaban J connectivity index is 1.81. The van der Waals surface area contributed by atoms with Crippen molar-refractivity contribution in [1.29, 1.82) is 0 Å². The van der Waals surface area contributed by atoms with E-state index in [1.165, 1.54) is 12.3 Å². The molecule has 1 heterocycles. The molecule has 5 heteroatoms. The molecular formula is C10H13NO4. The molecule has 2 rings (SSSR count). The van der Waals surface area contributed by atoms with Crippen LogP contribution >= 0.6 is 0 Å². The summed E-state index contributed by atoms with van der Waals surface area (Å²) in [4.78, 5) is 10.5. The Labute approximate surface area is 86.7 Å². The summed E-state index contributed by atoms with van der Waals surface area (Å²) >= 11 is 0. The number of aliphatic hydroxyl groups excluding tert-OH is 1. The minimum atomic E-state index is -0.982. The van der Waals surface area contributed by atoms with Crippen molar-refractivity contribution in [3.05, 3.63) is 23.7 Å². The average Bonchev–Trinajstić information content (AvgIpc) is 2.59. The number of carboxylic acid groups (broad SMARTS) is 1. The van der Waals surface area contributed by atoms with Crippen LogP contribution in [-0.2, 0) is 6.54 Å². The minimum absolute atomic E-state index is 0.167. The van der Waals surface area contributed by atoms with Gasteiger partial charge in [-0.25, -0.2) is 4.79 Å². The van der Waals surface area contributed by atoms with Crippen molar-refractivity contribution in [3.8, 4) is 0 Å². The predicted octanol–water partition coefficient (Wildman–Crippen LogP) is 0.591. The molecule has 1 aromatic rings. The van der Waals surface area contributed by atoms with E-state index in [-0.39, 0.29) is 11.7 Å². The molecule has 1 aromatic heterocycles. The molecule has 0 unspecified atom stereocenters. The third kappa shape index (κ3) is 2.37. The van der Waals surface area contributed by atoms with Gasteiger partial charge in [-0.05, 0) is 18.9 Å². The second kappa shape index (κ2) is 4.04. The van der Waals surface area contributed by atoms with Gasteiger partial charge in [0.25, 0.3) is 0 Å². The van der Waals surface area contributed by atoms with Crippen LogP contribution in [0.15, 0.2) is 16.7 Å². The highest BCUT2D eigenvalue weighted by atomic mass is 16.4. The molecule has 0 atom stereocenters. The Morgan fingerprint density at radius 1 is 1.60 bits per heavy atom. The van der Waals surface area contributed by atoms with E-state index in [1.807, 2.05) is 0 Å². The molecule has 1 fully saturated rings. The first-order valence-electron chi connectivity index (χ1n) is 4.87. The maximum absolute atomic E-state index is 10.5. The van der Waals surface area contributed by atoms with Crippen molar-refractivity contribution in [2.24, 2.45) is 0 Å². The summed E-state index contributed by atoms with van der Waals surface area (Å²) in [5.41, 5.74) is 0.167. The average molecular weight is 211 g/mol. The molecule has 1 aliphatic carbocycles. The Kier molecular flexibility index (Phi) is 2.75. The van der Waals surface area contributed by atoms with Crippen molar-refractivity contribution >= 4 is 5.97 Å². The van der Waals surface area contributed by atoms with Crippen LogP contribution in [-0.4, -0.2) is 28.3 Å². The molecular weight excluding hydrogens is 198 g/mol. The molecule has 0 spiro atoms. The first kappa shape index (κ1) is 10.2. The zero-order valence-electron chi connectivity index (χ0n) is 8.14. The third-order valence-electron chi connectivity index (χ3n) is 2.58. The molecule has 5 nitrogen and oxygen atoms in total. The van der Waals surface area contributed by atoms with Crippen molar-refractivity contribution in [2.45, 2.75) is 31.5 Å². The number of rotatable bonds is 4. The minimum Gasteiger partial charge on any atom is -0.478 e. The molecule has 1 aliphatic rings. The van der Waals surface area contributed by atoms with Crippen LogP contribution in [0.5, 0.6) is 0 Å². The zero-order valence-corrected chi connectivity index (χ0v) is 8.14. The highest BCUT2D eigenvalue weighted by Gasteiger charge is 2.26. The first-order chi connectivity index (χ1) is 7.15. The van der Waals surface area contributed by atoms with Gasteiger partial charge in [0, 0.05) is 6.04 Å². The molecule has 0 radical (unpaired) electrons. The van der Waals surface area contributed by atoms with Crippen molar-refractivity contribution in [2.75, 3.05) is 0 Å². The van der Waals surface area contributed by atoms with Crippen molar-refractivity contribution in [1.82, 2.24) is 5.32 Å². The van der Waals surface area contributed by atoms with Crippen LogP contribution in [0, 0.1) is 0 Å². The van der Waals surface area contributed by atoms with Gasteiger partial charge in [0.2, 0.25) is 0 Å². The van der Waals surface area contributed by atoms with E-state index in [1.54, 1.807) is 0 Å². The van der Waals surface area contributed by atoms with Gasteiger partial charge in [-0.15, -0.1) is 0 Å². The quantitative estimate of drug-likeness (QED) is 0.679. The van der Waals surface area contributed by atoms with Crippen molar-refractivity contribution < 1.29 is 19.4 Å². The molecule has 3 N–H and O–H groups in total. The molecule has 1 saturated carbocycles. The third-order valence-corrected chi connectivity index (χ3v) is 2.58. The monoisotopic (exact) mass is 211 g/mol. The van der Waals surface area contributed by atoms with Crippen LogP contribution in [0.25, 0.3) is 0 Å². The summed E-state index contributed by atoms with van der Waals surface area (Å²) in [7, 11) is 0. The number of furan rings is 1. The van der Waals surface area contributed by atoms with E-state index < -0.39 is 5.97 Å². The predicted molar refractivity (Wildman–Crippen MR) is 51.5 cm³/mol. The van der Waals surface area contributed by atoms with Gasteiger partial charge in [-0.1, -0.05) is 0 Å². The largest absolute Gasteiger partial charge is 0.478 e. The maximum atomic E-state index is 10.5. The van der Waals surface area contributed by atoms with Gasteiger partial charge in [0.15, 0.2) is 0 Å². The van der Waals surface area contributed by atoms with Crippen LogP contribution in [0.3, 0.4) is 0 Å². The van der Waals surface area contributed by atoms with E-state index >= 15 is 0 Å². The Bertz CT molecular complexity index is 354. The number of aromatic carboxylic acids is 1. The lowest BCUT2D eigenvalue weighted by molar-refractivity contribution is 0.0611. The van der Waals surface area contributed by atoms with Crippen molar-refractivity contribution in [3.63, 3.8) is 0 Å². The molecule has 15 heavy (non-hydrogen) atoms. The van der Waals surface area contributed by atoms with E-state index in [9.17, 15) is 4.79 Å². The highest BCUT2D eigenvalue weighted by molar-refractivity contribution is 5.87. The zero-order chi connectivity index (χ0) is 10.8. The summed E-state index contributed by atoms with van der Waals surface area (Å²) in [6.07, 6.45) is 2.56. The molecule has 82 valence electrons. The molecule has 0 saturated heterocycles. The molecule has 0 aliphatic heterocycles. The van der Waals surface area contributed by atoms with Crippen LogP contribution in [0.1, 0.15) is 29.0 Å². The summed E-state index contributed by atoms with van der Waals surface area (Å²) < 4.78 is 5.07. The standard InChI is InChI=1S/C10H13NO4/c12-8-2-7(3-8)11-4-9-1-6(5-15-9)10(13)14/h1,5,7-8,11-12H,2-4H2,(H,13,14). The van der Waals surface area contributed by atoms with Crippen LogP contribution in [0.2, 0.25) is 0 Å². The lowest BCUT2D eigenvalue weighted by Gasteiger charge is -2.31. The van der Waals surface area contributed by atoms with Gasteiger partial charge in [-0.3, -0.25) is 0 Å². The van der Waals surface area contributed by atoms with E-state index in [4.69, 9.17) is 14.6 Å². The van der Waals surface area contributed by atoms with Crippen LogP contribution in [0.4, 0.5) is 0 Å². The molecule has 0 aromatic carbocycles. The number of nitrogens with one attached hydrogen (secondary N) is 1. The lowest BCUT2D eigenvalue weighted by Crippen LogP contribution is -2.43. The highest BCUT2D eigenvalue weighted by Crippen LogP contribution is 2.20. The Morgan fingerprint density at radius 2 is 2.33 bits per heavy atom. The van der Waals surface area contributed by atoms with Gasteiger partial charge >= 0.3 is 5.97 Å². The molecule has 0 bridgehead atoms. The summed E-state index contributed by atoms with van der Waals surface area (Å²) in [6.45, 7) is 0.505. The number of carboxylic acids is 1. The number of hydrogen-bond acceptors (Lipinski definition) is 4. The smallest absolute Gasteiger partial charge is 0.338 e. The molecule has 0 amide bonds. The fourth-order valence-corrected chi connectivity index (χ4v) is 1.58. The Morgan fingerprint density at radius 3 is 2.87 bits per heavy atom. The van der Waals surface area contributed by atoms with Gasteiger partial charge in [-0.2, -0.15) is 0 Å². The van der Waals surface area contributed by atoms with Crippen LogP contribution < -0.4 is 5.32 Å². The fourth-order valence-electron chi connectivity index (χ4n) is 1.58. The Hall–Kier alpha value is -1.33. The normalized spacial score (nSPS) is 24.9. The summed E-state index contributed by atoms with van der Waals surface area (Å²) in [5, 5.41) is 20.9. The van der Waals surface area contributed by atoms with Gasteiger partial charge < -0.3 is 19.9 Å². The first-order valence-corrected chi connectivity index (χ1v) is 4.87. The summed E-state index contributed by atoms with van der Waals surface area (Å²) in [5.74, 6) is -0.377. The summed E-state index contributed by atoms with van der Waals surface area (Å²) in [6, 6.07) is 1.82. The SMILES string of the molecule is O=C(O)c1coc(CNC2CC(O)C2)c1. The number of aliphatic hydroxyl groups is 1. The van der Waals surface area contributed by atoms with E-state index in [2.05, 4.69) is 5.32 Å². The van der Waals surface area contributed by atoms with E-state index in [0.29, 0.717) is 18.3 Å². The maximum Gasteiger partial charge on any atom is 0.338 e. The second-order valence-corrected chi connectivity index (χ2v) is 3.81. The fraction of sp³-hybridized carbons (Fsp3) is 0.500. The van der Waals surface area contributed by atoms with E-state index in [0.717, 1.165) is 12.8 Å². The van der Waals surface area contributed by atoms with Gasteiger partial charge in [0.05, 0.1) is 18.2 Å².